The molecule has 3 rings (SSSR count). The molecule has 3 fully saturated rings. The van der Waals surface area contributed by atoms with Gasteiger partial charge in [0.25, 0.3) is 0 Å². The Hall–Kier alpha value is -1.12. The highest BCUT2D eigenvalue weighted by atomic mass is 16.5. The monoisotopic (exact) mass is 291 g/mol. The van der Waals surface area contributed by atoms with Crippen LogP contribution in [0.25, 0.3) is 0 Å². The first-order chi connectivity index (χ1) is 10.2. The number of piperidine rings is 1. The minimum Gasteiger partial charge on any atom is -0.373 e. The smallest absolute Gasteiger partial charge is 0.243 e. The molecule has 3 aliphatic rings. The summed E-state index contributed by atoms with van der Waals surface area (Å²) in [5.41, 5.74) is -0.746. The molecule has 2 heterocycles. The van der Waals surface area contributed by atoms with Crippen molar-refractivity contribution in [3.05, 3.63) is 0 Å². The minimum atomic E-state index is -0.746. The third-order valence-corrected chi connectivity index (χ3v) is 5.46. The maximum atomic E-state index is 13.0. The summed E-state index contributed by atoms with van der Waals surface area (Å²) >= 11 is 0. The maximum Gasteiger partial charge on any atom is 0.243 e. The second-order valence-corrected chi connectivity index (χ2v) is 6.56. The summed E-state index contributed by atoms with van der Waals surface area (Å²) < 4.78 is 5.91. The first-order valence-corrected chi connectivity index (χ1v) is 8.26. The van der Waals surface area contributed by atoms with Gasteiger partial charge in [-0.05, 0) is 25.8 Å². The van der Waals surface area contributed by atoms with E-state index in [0.29, 0.717) is 13.2 Å². The number of likely N-dealkylation sites (N-methyl/N-ethyl adjacent to an activating group) is 1. The fourth-order valence-corrected chi connectivity index (χ4v) is 4.12. The number of nitrogens with zero attached hydrogens (tertiary/aromatic N) is 3. The van der Waals surface area contributed by atoms with Gasteiger partial charge in [0.05, 0.1) is 24.8 Å². The molecule has 1 amide bonds. The van der Waals surface area contributed by atoms with Gasteiger partial charge in [-0.3, -0.25) is 4.79 Å². The predicted octanol–water partition coefficient (Wildman–Crippen LogP) is 1.39. The molecule has 5 nitrogen and oxygen atoms in total. The van der Waals surface area contributed by atoms with Crippen molar-refractivity contribution < 1.29 is 9.53 Å². The van der Waals surface area contributed by atoms with Crippen molar-refractivity contribution in [2.75, 3.05) is 32.8 Å². The second kappa shape index (κ2) is 5.94. The van der Waals surface area contributed by atoms with Crippen LogP contribution in [0.4, 0.5) is 0 Å². The molecule has 0 aromatic rings. The van der Waals surface area contributed by atoms with Crippen molar-refractivity contribution in [2.45, 2.75) is 51.2 Å². The van der Waals surface area contributed by atoms with E-state index >= 15 is 0 Å². The van der Waals surface area contributed by atoms with Crippen LogP contribution in [0.2, 0.25) is 0 Å². The molecule has 0 bridgehead atoms. The molecule has 0 spiro atoms. The lowest BCUT2D eigenvalue weighted by Gasteiger charge is -2.48. The van der Waals surface area contributed by atoms with Crippen LogP contribution in [0.3, 0.4) is 0 Å². The Labute approximate surface area is 126 Å². The van der Waals surface area contributed by atoms with Gasteiger partial charge < -0.3 is 14.5 Å². The highest BCUT2D eigenvalue weighted by Crippen LogP contribution is 2.40. The molecule has 2 atom stereocenters. The molecule has 0 radical (unpaired) electrons. The first-order valence-electron chi connectivity index (χ1n) is 8.26. The molecule has 21 heavy (non-hydrogen) atoms. The van der Waals surface area contributed by atoms with Crippen LogP contribution in [0.1, 0.15) is 39.0 Å². The van der Waals surface area contributed by atoms with E-state index in [-0.39, 0.29) is 18.1 Å². The van der Waals surface area contributed by atoms with E-state index in [1.54, 1.807) is 0 Å². The summed E-state index contributed by atoms with van der Waals surface area (Å²) in [6.07, 6.45) is 4.55. The summed E-state index contributed by atoms with van der Waals surface area (Å²) in [7, 11) is 0. The largest absolute Gasteiger partial charge is 0.373 e. The number of hydrogen-bond donors (Lipinski definition) is 0. The quantitative estimate of drug-likeness (QED) is 0.771. The van der Waals surface area contributed by atoms with Crippen LogP contribution in [0.15, 0.2) is 0 Å². The molecule has 2 aliphatic heterocycles. The number of fused-ring (bicyclic) bond motifs is 1. The van der Waals surface area contributed by atoms with E-state index in [9.17, 15) is 10.1 Å². The average molecular weight is 291 g/mol. The van der Waals surface area contributed by atoms with Crippen LogP contribution >= 0.6 is 0 Å². The van der Waals surface area contributed by atoms with Gasteiger partial charge in [-0.1, -0.05) is 19.8 Å². The lowest BCUT2D eigenvalue weighted by molar-refractivity contribution is -0.159. The molecule has 2 unspecified atom stereocenters. The van der Waals surface area contributed by atoms with Crippen LogP contribution in [0.5, 0.6) is 0 Å². The standard InChI is InChI=1S/C16H25N3O2/c1-2-18-8-5-13-14(11-18)21-10-9-19(13)15(20)16(12-17)6-3-4-7-16/h13-14H,2-11H2,1H3. The summed E-state index contributed by atoms with van der Waals surface area (Å²) in [6, 6.07) is 2.51. The molecule has 116 valence electrons. The van der Waals surface area contributed by atoms with Crippen molar-refractivity contribution in [1.82, 2.24) is 9.80 Å². The van der Waals surface area contributed by atoms with E-state index < -0.39 is 5.41 Å². The van der Waals surface area contributed by atoms with Gasteiger partial charge in [0.15, 0.2) is 0 Å². The summed E-state index contributed by atoms with van der Waals surface area (Å²) in [6.45, 7) is 6.37. The number of morpholine rings is 1. The zero-order valence-electron chi connectivity index (χ0n) is 12.9. The van der Waals surface area contributed by atoms with Crippen molar-refractivity contribution in [3.8, 4) is 6.07 Å². The Kier molecular flexibility index (Phi) is 4.19. The van der Waals surface area contributed by atoms with Crippen molar-refractivity contribution in [2.24, 2.45) is 5.41 Å². The highest BCUT2D eigenvalue weighted by Gasteiger charge is 2.48. The number of amides is 1. The number of carbonyl (C=O) groups is 1. The van der Waals surface area contributed by atoms with Crippen LogP contribution in [-0.2, 0) is 9.53 Å². The third kappa shape index (κ3) is 2.56. The molecular formula is C16H25N3O2. The Morgan fingerprint density at radius 1 is 1.38 bits per heavy atom. The fourth-order valence-electron chi connectivity index (χ4n) is 4.12. The van der Waals surface area contributed by atoms with Crippen LogP contribution in [0, 0.1) is 16.7 Å². The fraction of sp³-hybridized carbons (Fsp3) is 0.875. The summed E-state index contributed by atoms with van der Waals surface area (Å²) in [5.74, 6) is 0.0748. The number of rotatable bonds is 2. The van der Waals surface area contributed by atoms with E-state index in [0.717, 1.165) is 51.7 Å². The van der Waals surface area contributed by atoms with E-state index in [4.69, 9.17) is 4.74 Å². The van der Waals surface area contributed by atoms with Crippen LogP contribution < -0.4 is 0 Å². The van der Waals surface area contributed by atoms with Crippen LogP contribution in [-0.4, -0.2) is 60.6 Å². The van der Waals surface area contributed by atoms with Gasteiger partial charge in [0, 0.05) is 19.6 Å². The van der Waals surface area contributed by atoms with Gasteiger partial charge in [0.1, 0.15) is 5.41 Å². The summed E-state index contributed by atoms with van der Waals surface area (Å²) in [5, 5.41) is 9.56. The number of likely N-dealkylation sites (tertiary alicyclic amines) is 1. The number of nitriles is 1. The number of hydrogen-bond acceptors (Lipinski definition) is 4. The molecular weight excluding hydrogens is 266 g/mol. The molecule has 1 saturated carbocycles. The Morgan fingerprint density at radius 2 is 2.14 bits per heavy atom. The van der Waals surface area contributed by atoms with Gasteiger partial charge in [-0.2, -0.15) is 5.26 Å². The van der Waals surface area contributed by atoms with Gasteiger partial charge in [-0.15, -0.1) is 0 Å². The third-order valence-electron chi connectivity index (χ3n) is 5.46. The lowest BCUT2D eigenvalue weighted by atomic mass is 9.84. The Balaban J connectivity index is 1.76. The first kappa shape index (κ1) is 14.8. The molecule has 0 N–H and O–H groups in total. The zero-order valence-corrected chi connectivity index (χ0v) is 12.9. The van der Waals surface area contributed by atoms with Crippen molar-refractivity contribution >= 4 is 5.91 Å². The predicted molar refractivity (Wildman–Crippen MR) is 78.5 cm³/mol. The normalized spacial score (nSPS) is 32.5. The molecule has 0 aromatic heterocycles. The molecule has 0 aromatic carbocycles. The topological polar surface area (TPSA) is 56.6 Å². The molecule has 5 heteroatoms. The average Bonchev–Trinajstić information content (AvgIpc) is 3.03. The SMILES string of the molecule is CCN1CCC2C(C1)OCCN2C(=O)C1(C#N)CCCC1. The Bertz CT molecular complexity index is 439. The minimum absolute atomic E-state index is 0.0748. The van der Waals surface area contributed by atoms with Crippen molar-refractivity contribution in [1.29, 1.82) is 5.26 Å². The molecule has 2 saturated heterocycles. The Morgan fingerprint density at radius 3 is 2.81 bits per heavy atom. The summed E-state index contributed by atoms with van der Waals surface area (Å²) in [4.78, 5) is 17.4. The molecule has 1 aliphatic carbocycles. The maximum absolute atomic E-state index is 13.0. The highest BCUT2D eigenvalue weighted by molar-refractivity contribution is 5.86. The van der Waals surface area contributed by atoms with E-state index in [1.165, 1.54) is 0 Å². The van der Waals surface area contributed by atoms with Gasteiger partial charge in [-0.25, -0.2) is 0 Å². The van der Waals surface area contributed by atoms with Gasteiger partial charge in [0.2, 0.25) is 5.91 Å². The number of carbonyl (C=O) groups excluding carboxylic acids is 1. The number of ether oxygens (including phenoxy) is 1. The zero-order chi connectivity index (χ0) is 14.9. The van der Waals surface area contributed by atoms with Crippen molar-refractivity contribution in [3.63, 3.8) is 0 Å². The lowest BCUT2D eigenvalue weighted by Crippen LogP contribution is -2.62. The van der Waals surface area contributed by atoms with E-state index in [2.05, 4.69) is 17.9 Å². The second-order valence-electron chi connectivity index (χ2n) is 6.56. The van der Waals surface area contributed by atoms with E-state index in [1.807, 2.05) is 4.90 Å². The van der Waals surface area contributed by atoms with Gasteiger partial charge >= 0.3 is 0 Å².